The molecule has 0 aromatic carbocycles. The van der Waals surface area contributed by atoms with E-state index in [1.807, 2.05) is 0 Å². The number of nitrogens with one attached hydrogen (secondary N) is 2. The Hall–Kier alpha value is -2.06. The van der Waals surface area contributed by atoms with Crippen molar-refractivity contribution in [3.8, 4) is 0 Å². The fourth-order valence-corrected chi connectivity index (χ4v) is 1.70. The molecule has 1 rings (SSSR count). The molecule has 1 atom stereocenters. The van der Waals surface area contributed by atoms with E-state index in [0.29, 0.717) is 0 Å². The van der Waals surface area contributed by atoms with Crippen LogP contribution in [-0.2, 0) is 11.0 Å². The van der Waals surface area contributed by atoms with Crippen LogP contribution in [0.25, 0.3) is 0 Å². The normalized spacial score (nSPS) is 13.0. The Labute approximate surface area is 127 Å². The van der Waals surface area contributed by atoms with Crippen molar-refractivity contribution in [3.63, 3.8) is 0 Å². The number of carbonyl (C=O) groups is 1. The standard InChI is InChI=1S/C13H20F3N5O/c1-7(2)10(11(22)17-3)20-12-18-8(13(14,15)16)6-9(19-12)21(4)5/h6-7,10H,1-5H3,(H,17,22)(H,18,19,20). The predicted octanol–water partition coefficient (Wildman–Crippen LogP) is 1.74. The number of aromatic nitrogens is 2. The number of hydrogen-bond acceptors (Lipinski definition) is 5. The van der Waals surface area contributed by atoms with Gasteiger partial charge in [-0.25, -0.2) is 4.98 Å². The summed E-state index contributed by atoms with van der Waals surface area (Å²) in [6.07, 6.45) is -4.59. The van der Waals surface area contributed by atoms with Crippen molar-refractivity contribution in [2.24, 2.45) is 5.92 Å². The molecule has 0 aliphatic carbocycles. The van der Waals surface area contributed by atoms with E-state index < -0.39 is 17.9 Å². The van der Waals surface area contributed by atoms with Gasteiger partial charge in [0, 0.05) is 27.2 Å². The minimum absolute atomic E-state index is 0.101. The number of amides is 1. The van der Waals surface area contributed by atoms with Gasteiger partial charge in [0.05, 0.1) is 0 Å². The van der Waals surface area contributed by atoms with E-state index in [4.69, 9.17) is 0 Å². The molecule has 1 aromatic rings. The second-order valence-corrected chi connectivity index (χ2v) is 5.31. The smallest absolute Gasteiger partial charge is 0.363 e. The van der Waals surface area contributed by atoms with Crippen LogP contribution in [0.1, 0.15) is 19.5 Å². The number of hydrogen-bond donors (Lipinski definition) is 2. The number of likely N-dealkylation sites (N-methyl/N-ethyl adjacent to an activating group) is 1. The fraction of sp³-hybridized carbons (Fsp3) is 0.615. The van der Waals surface area contributed by atoms with E-state index in [1.54, 1.807) is 27.9 Å². The highest BCUT2D eigenvalue weighted by molar-refractivity contribution is 5.84. The summed E-state index contributed by atoms with van der Waals surface area (Å²) >= 11 is 0. The zero-order chi connectivity index (χ0) is 17.1. The van der Waals surface area contributed by atoms with Crippen LogP contribution in [0, 0.1) is 5.92 Å². The van der Waals surface area contributed by atoms with Crippen molar-refractivity contribution < 1.29 is 18.0 Å². The highest BCUT2D eigenvalue weighted by atomic mass is 19.4. The van der Waals surface area contributed by atoms with Crippen LogP contribution in [0.3, 0.4) is 0 Å². The van der Waals surface area contributed by atoms with Crippen molar-refractivity contribution >= 4 is 17.7 Å². The third kappa shape index (κ3) is 4.47. The van der Waals surface area contributed by atoms with E-state index in [0.717, 1.165) is 6.07 Å². The number of halogens is 3. The summed E-state index contributed by atoms with van der Waals surface area (Å²) in [6.45, 7) is 3.54. The first-order chi connectivity index (χ1) is 10.1. The Kier molecular flexibility index (Phi) is 5.56. The summed E-state index contributed by atoms with van der Waals surface area (Å²) in [5, 5.41) is 5.14. The maximum absolute atomic E-state index is 12.9. The van der Waals surface area contributed by atoms with Gasteiger partial charge in [-0.05, 0) is 5.92 Å². The number of carbonyl (C=O) groups excluding carboxylic acids is 1. The quantitative estimate of drug-likeness (QED) is 0.865. The van der Waals surface area contributed by atoms with Gasteiger partial charge in [0.1, 0.15) is 11.9 Å². The zero-order valence-corrected chi connectivity index (χ0v) is 13.1. The van der Waals surface area contributed by atoms with Crippen molar-refractivity contribution in [1.29, 1.82) is 0 Å². The van der Waals surface area contributed by atoms with Crippen molar-refractivity contribution in [2.45, 2.75) is 26.1 Å². The Morgan fingerprint density at radius 3 is 2.27 bits per heavy atom. The highest BCUT2D eigenvalue weighted by Gasteiger charge is 2.34. The summed E-state index contributed by atoms with van der Waals surface area (Å²) in [5.74, 6) is -0.631. The molecule has 0 saturated carbocycles. The van der Waals surface area contributed by atoms with E-state index in [1.165, 1.54) is 11.9 Å². The van der Waals surface area contributed by atoms with Gasteiger partial charge >= 0.3 is 6.18 Å². The van der Waals surface area contributed by atoms with Crippen molar-refractivity contribution in [1.82, 2.24) is 15.3 Å². The Balaban J connectivity index is 3.22. The maximum atomic E-state index is 12.9. The van der Waals surface area contributed by atoms with Crippen molar-refractivity contribution in [3.05, 3.63) is 11.8 Å². The number of nitrogens with zero attached hydrogens (tertiary/aromatic N) is 3. The minimum Gasteiger partial charge on any atom is -0.363 e. The summed E-state index contributed by atoms with van der Waals surface area (Å²) in [4.78, 5) is 20.7. The van der Waals surface area contributed by atoms with Crippen LogP contribution >= 0.6 is 0 Å². The summed E-state index contributed by atoms with van der Waals surface area (Å²) in [7, 11) is 4.60. The lowest BCUT2D eigenvalue weighted by atomic mass is 10.0. The molecule has 1 aromatic heterocycles. The van der Waals surface area contributed by atoms with Gasteiger partial charge in [0.25, 0.3) is 0 Å². The lowest BCUT2D eigenvalue weighted by Gasteiger charge is -2.22. The average Bonchev–Trinajstić information content (AvgIpc) is 2.42. The minimum atomic E-state index is -4.59. The fourth-order valence-electron chi connectivity index (χ4n) is 1.70. The van der Waals surface area contributed by atoms with E-state index in [-0.39, 0.29) is 23.6 Å². The van der Waals surface area contributed by atoms with Crippen LogP contribution in [0.4, 0.5) is 24.9 Å². The molecule has 124 valence electrons. The van der Waals surface area contributed by atoms with Crippen LogP contribution < -0.4 is 15.5 Å². The maximum Gasteiger partial charge on any atom is 0.433 e. The van der Waals surface area contributed by atoms with Gasteiger partial charge in [-0.15, -0.1) is 0 Å². The largest absolute Gasteiger partial charge is 0.433 e. The van der Waals surface area contributed by atoms with E-state index in [2.05, 4.69) is 20.6 Å². The molecule has 1 unspecified atom stereocenters. The summed E-state index contributed by atoms with van der Waals surface area (Å²) in [5.41, 5.74) is -1.06. The van der Waals surface area contributed by atoms with E-state index >= 15 is 0 Å². The number of anilines is 2. The molecule has 1 amide bonds. The topological polar surface area (TPSA) is 70.2 Å². The Morgan fingerprint density at radius 2 is 1.86 bits per heavy atom. The molecule has 0 spiro atoms. The Bertz CT molecular complexity index is 531. The van der Waals surface area contributed by atoms with Gasteiger partial charge in [0.2, 0.25) is 11.9 Å². The summed E-state index contributed by atoms with van der Waals surface area (Å²) < 4.78 is 38.7. The van der Waals surface area contributed by atoms with Crippen LogP contribution in [-0.4, -0.2) is 43.1 Å². The molecule has 9 heteroatoms. The molecular weight excluding hydrogens is 299 g/mol. The van der Waals surface area contributed by atoms with Gasteiger partial charge in [-0.3, -0.25) is 4.79 Å². The highest BCUT2D eigenvalue weighted by Crippen LogP contribution is 2.30. The SMILES string of the molecule is CNC(=O)C(Nc1nc(N(C)C)cc(C(F)(F)F)n1)C(C)C. The third-order valence-corrected chi connectivity index (χ3v) is 2.94. The molecule has 0 bridgehead atoms. The first-order valence-electron chi connectivity index (χ1n) is 6.68. The second-order valence-electron chi connectivity index (χ2n) is 5.31. The third-order valence-electron chi connectivity index (χ3n) is 2.94. The second kappa shape index (κ2) is 6.80. The molecular formula is C13H20F3N5O. The number of rotatable bonds is 5. The monoisotopic (exact) mass is 319 g/mol. The van der Waals surface area contributed by atoms with Gasteiger partial charge in [-0.2, -0.15) is 18.2 Å². The van der Waals surface area contributed by atoms with Crippen LogP contribution in [0.15, 0.2) is 6.07 Å². The van der Waals surface area contributed by atoms with Crippen LogP contribution in [0.5, 0.6) is 0 Å². The predicted molar refractivity (Wildman–Crippen MR) is 77.7 cm³/mol. The first kappa shape index (κ1) is 18.0. The molecule has 0 saturated heterocycles. The molecule has 0 fully saturated rings. The molecule has 22 heavy (non-hydrogen) atoms. The lowest BCUT2D eigenvalue weighted by molar-refractivity contribution is -0.141. The lowest BCUT2D eigenvalue weighted by Crippen LogP contribution is -2.42. The van der Waals surface area contributed by atoms with Gasteiger partial charge in [-0.1, -0.05) is 13.8 Å². The summed E-state index contributed by atoms with van der Waals surface area (Å²) in [6, 6.07) is 0.124. The molecule has 2 N–H and O–H groups in total. The first-order valence-corrected chi connectivity index (χ1v) is 6.68. The average molecular weight is 319 g/mol. The Morgan fingerprint density at radius 1 is 1.27 bits per heavy atom. The van der Waals surface area contributed by atoms with Gasteiger partial charge < -0.3 is 15.5 Å². The molecule has 0 radical (unpaired) electrons. The zero-order valence-electron chi connectivity index (χ0n) is 13.1. The molecule has 0 aliphatic heterocycles. The number of alkyl halides is 3. The van der Waals surface area contributed by atoms with Crippen LogP contribution in [0.2, 0.25) is 0 Å². The van der Waals surface area contributed by atoms with E-state index in [9.17, 15) is 18.0 Å². The molecule has 1 heterocycles. The van der Waals surface area contributed by atoms with Gasteiger partial charge in [0.15, 0.2) is 5.69 Å². The molecule has 6 nitrogen and oxygen atoms in total. The van der Waals surface area contributed by atoms with Crippen molar-refractivity contribution in [2.75, 3.05) is 31.4 Å². The molecule has 0 aliphatic rings.